The van der Waals surface area contributed by atoms with Crippen molar-refractivity contribution in [2.24, 2.45) is 11.8 Å². The Labute approximate surface area is 215 Å². The third-order valence-electron chi connectivity index (χ3n) is 7.70. The lowest BCUT2D eigenvalue weighted by Gasteiger charge is -2.33. The van der Waals surface area contributed by atoms with Crippen molar-refractivity contribution >= 4 is 11.8 Å². The molecule has 3 fully saturated rings. The standard InChI is InChI=1S/C26H35FN6O4/c1-16-3-5-18(6-4-16)30-24(34)17-7-10-32(11-8-17)25(35)21-14-22(33(31-21)26-28-9-12-37-26)19-13-23(36-2)29-15-20(19)27/h13-18,26,28H,3-12H2,1-2H3,(H,30,34). The summed E-state index contributed by atoms with van der Waals surface area (Å²) < 4.78 is 27.1. The van der Waals surface area contributed by atoms with Gasteiger partial charge in [0.15, 0.2) is 11.5 Å². The Bertz CT molecular complexity index is 1120. The zero-order valence-electron chi connectivity index (χ0n) is 21.4. The Morgan fingerprint density at radius 1 is 1.16 bits per heavy atom. The summed E-state index contributed by atoms with van der Waals surface area (Å²) in [6.45, 7) is 4.29. The summed E-state index contributed by atoms with van der Waals surface area (Å²) in [5, 5.41) is 10.9. The summed E-state index contributed by atoms with van der Waals surface area (Å²) in [4.78, 5) is 31.9. The summed E-state index contributed by atoms with van der Waals surface area (Å²) in [7, 11) is 1.46. The SMILES string of the molecule is COc1cc(-c2cc(C(=O)N3CCC(C(=O)NC4CCC(C)CC4)CC3)nn2C2NCCO2)c(F)cn1. The molecule has 0 bridgehead atoms. The Kier molecular flexibility index (Phi) is 7.71. The van der Waals surface area contributed by atoms with E-state index in [0.717, 1.165) is 37.8 Å². The molecular weight excluding hydrogens is 479 g/mol. The molecule has 0 aromatic carbocycles. The normalized spacial score (nSPS) is 24.7. The molecule has 2 aromatic rings. The molecule has 37 heavy (non-hydrogen) atoms. The number of likely N-dealkylation sites (tertiary alicyclic amines) is 1. The van der Waals surface area contributed by atoms with Gasteiger partial charge >= 0.3 is 0 Å². The molecule has 2 saturated heterocycles. The summed E-state index contributed by atoms with van der Waals surface area (Å²) in [5.41, 5.74) is 0.793. The van der Waals surface area contributed by atoms with Crippen molar-refractivity contribution in [3.8, 4) is 17.1 Å². The highest BCUT2D eigenvalue weighted by Gasteiger charge is 2.32. The van der Waals surface area contributed by atoms with Gasteiger partial charge in [0.2, 0.25) is 18.1 Å². The maximum Gasteiger partial charge on any atom is 0.274 e. The monoisotopic (exact) mass is 514 g/mol. The third kappa shape index (κ3) is 5.62. The first kappa shape index (κ1) is 25.6. The minimum Gasteiger partial charge on any atom is -0.481 e. The fraction of sp³-hybridized carbons (Fsp3) is 0.615. The zero-order chi connectivity index (χ0) is 25.9. The van der Waals surface area contributed by atoms with Gasteiger partial charge < -0.3 is 19.7 Å². The van der Waals surface area contributed by atoms with Crippen molar-refractivity contribution in [3.63, 3.8) is 0 Å². The molecule has 1 aliphatic carbocycles. The van der Waals surface area contributed by atoms with Crippen LogP contribution in [0.5, 0.6) is 5.88 Å². The molecule has 1 atom stereocenters. The van der Waals surface area contributed by atoms with Crippen LogP contribution in [0.3, 0.4) is 0 Å². The summed E-state index contributed by atoms with van der Waals surface area (Å²) in [5.74, 6) is 0.188. The molecule has 200 valence electrons. The van der Waals surface area contributed by atoms with Crippen LogP contribution in [0.2, 0.25) is 0 Å². The number of hydrogen-bond acceptors (Lipinski definition) is 7. The summed E-state index contributed by atoms with van der Waals surface area (Å²) in [6.07, 6.45) is 6.08. The second-order valence-corrected chi connectivity index (χ2v) is 10.3. The van der Waals surface area contributed by atoms with Gasteiger partial charge in [0, 0.05) is 43.2 Å². The summed E-state index contributed by atoms with van der Waals surface area (Å²) >= 11 is 0. The molecule has 2 amide bonds. The van der Waals surface area contributed by atoms with Gasteiger partial charge in [0.1, 0.15) is 0 Å². The Morgan fingerprint density at radius 3 is 2.59 bits per heavy atom. The minimum atomic E-state index is -0.618. The van der Waals surface area contributed by atoms with Gasteiger partial charge in [-0.15, -0.1) is 0 Å². The van der Waals surface area contributed by atoms with Crippen LogP contribution in [0.15, 0.2) is 18.3 Å². The third-order valence-corrected chi connectivity index (χ3v) is 7.70. The highest BCUT2D eigenvalue weighted by molar-refractivity contribution is 5.93. The van der Waals surface area contributed by atoms with Crippen LogP contribution in [-0.2, 0) is 9.53 Å². The van der Waals surface area contributed by atoms with Gasteiger partial charge in [-0.3, -0.25) is 14.9 Å². The molecule has 11 heteroatoms. The maximum atomic E-state index is 14.8. The van der Waals surface area contributed by atoms with Crippen LogP contribution in [0.4, 0.5) is 4.39 Å². The van der Waals surface area contributed by atoms with E-state index < -0.39 is 12.2 Å². The van der Waals surface area contributed by atoms with E-state index in [1.54, 1.807) is 11.0 Å². The van der Waals surface area contributed by atoms with E-state index >= 15 is 0 Å². The first-order valence-electron chi connectivity index (χ1n) is 13.2. The minimum absolute atomic E-state index is 0.0917. The van der Waals surface area contributed by atoms with Crippen LogP contribution >= 0.6 is 0 Å². The molecule has 1 saturated carbocycles. The predicted molar refractivity (Wildman–Crippen MR) is 133 cm³/mol. The van der Waals surface area contributed by atoms with Gasteiger partial charge in [-0.1, -0.05) is 6.92 Å². The average Bonchev–Trinajstić information content (AvgIpc) is 3.60. The van der Waals surface area contributed by atoms with Crippen molar-refractivity contribution in [3.05, 3.63) is 29.8 Å². The molecule has 2 aliphatic heterocycles. The highest BCUT2D eigenvalue weighted by atomic mass is 19.1. The van der Waals surface area contributed by atoms with Gasteiger partial charge in [0.25, 0.3) is 5.91 Å². The Hall–Kier alpha value is -3.05. The topological polar surface area (TPSA) is 111 Å². The van der Waals surface area contributed by atoms with Crippen LogP contribution in [0.25, 0.3) is 11.3 Å². The maximum absolute atomic E-state index is 14.8. The first-order valence-corrected chi connectivity index (χ1v) is 13.2. The van der Waals surface area contributed by atoms with E-state index in [0.29, 0.717) is 44.8 Å². The number of pyridine rings is 1. The van der Waals surface area contributed by atoms with E-state index in [1.807, 2.05) is 0 Å². The lowest BCUT2D eigenvalue weighted by atomic mass is 9.86. The number of piperidine rings is 1. The number of aromatic nitrogens is 3. The fourth-order valence-electron chi connectivity index (χ4n) is 5.41. The fourth-order valence-corrected chi connectivity index (χ4v) is 5.41. The predicted octanol–water partition coefficient (Wildman–Crippen LogP) is 2.72. The Balaban J connectivity index is 1.28. The molecule has 2 N–H and O–H groups in total. The number of rotatable bonds is 6. The number of nitrogens with zero attached hydrogens (tertiary/aromatic N) is 4. The van der Waals surface area contributed by atoms with Crippen LogP contribution in [-0.4, -0.2) is 70.9 Å². The van der Waals surface area contributed by atoms with Crippen LogP contribution in [0.1, 0.15) is 62.3 Å². The van der Waals surface area contributed by atoms with E-state index in [4.69, 9.17) is 9.47 Å². The number of hydrogen-bond donors (Lipinski definition) is 2. The Morgan fingerprint density at radius 2 is 1.92 bits per heavy atom. The van der Waals surface area contributed by atoms with Crippen molar-refractivity contribution in [1.29, 1.82) is 0 Å². The number of ether oxygens (including phenoxy) is 2. The molecular formula is C26H35FN6O4. The number of methoxy groups -OCH3 is 1. The largest absolute Gasteiger partial charge is 0.481 e. The molecule has 10 nitrogen and oxygen atoms in total. The molecule has 1 unspecified atom stereocenters. The lowest BCUT2D eigenvalue weighted by Crippen LogP contribution is -2.46. The first-order chi connectivity index (χ1) is 17.9. The van der Waals surface area contributed by atoms with E-state index in [9.17, 15) is 14.0 Å². The number of carbonyl (C=O) groups excluding carboxylic acids is 2. The van der Waals surface area contributed by atoms with Gasteiger partial charge in [-0.2, -0.15) is 5.10 Å². The van der Waals surface area contributed by atoms with Crippen LogP contribution in [0, 0.1) is 17.7 Å². The van der Waals surface area contributed by atoms with Crippen LogP contribution < -0.4 is 15.4 Å². The second kappa shape index (κ2) is 11.1. The lowest BCUT2D eigenvalue weighted by molar-refractivity contribution is -0.127. The van der Waals surface area contributed by atoms with Gasteiger partial charge in [-0.25, -0.2) is 14.1 Å². The second-order valence-electron chi connectivity index (χ2n) is 10.3. The van der Waals surface area contributed by atoms with Gasteiger partial charge in [0.05, 0.1) is 25.6 Å². The van der Waals surface area contributed by atoms with E-state index in [1.165, 1.54) is 17.9 Å². The zero-order valence-corrected chi connectivity index (χ0v) is 21.4. The number of amides is 2. The highest BCUT2D eigenvalue weighted by Crippen LogP contribution is 2.30. The number of halogens is 1. The van der Waals surface area contributed by atoms with E-state index in [-0.39, 0.29) is 40.9 Å². The number of nitrogens with one attached hydrogen (secondary N) is 2. The van der Waals surface area contributed by atoms with Gasteiger partial charge in [-0.05, 0) is 50.5 Å². The molecule has 5 rings (SSSR count). The molecule has 2 aromatic heterocycles. The van der Waals surface area contributed by atoms with E-state index in [2.05, 4.69) is 27.6 Å². The quantitative estimate of drug-likeness (QED) is 0.610. The molecule has 4 heterocycles. The summed E-state index contributed by atoms with van der Waals surface area (Å²) in [6, 6.07) is 3.32. The van der Waals surface area contributed by atoms with Crippen molar-refractivity contribution in [1.82, 2.24) is 30.3 Å². The average molecular weight is 515 g/mol. The molecule has 0 spiro atoms. The number of carbonyl (C=O) groups is 2. The molecule has 3 aliphatic rings. The molecule has 0 radical (unpaired) electrons. The van der Waals surface area contributed by atoms with Crippen molar-refractivity contribution in [2.75, 3.05) is 33.4 Å². The van der Waals surface area contributed by atoms with Crippen molar-refractivity contribution < 1.29 is 23.5 Å². The van der Waals surface area contributed by atoms with Crippen molar-refractivity contribution in [2.45, 2.75) is 57.8 Å². The smallest absolute Gasteiger partial charge is 0.274 e.